The molecule has 0 saturated carbocycles. The van der Waals surface area contributed by atoms with Gasteiger partial charge in [0.05, 0.1) is 23.3 Å². The summed E-state index contributed by atoms with van der Waals surface area (Å²) in [7, 11) is 1.16. The minimum Gasteiger partial charge on any atom is -0.466 e. The van der Waals surface area contributed by atoms with Crippen molar-refractivity contribution in [3.05, 3.63) is 76.5 Å². The molecule has 0 N–H and O–H groups in total. The van der Waals surface area contributed by atoms with Gasteiger partial charge in [-0.2, -0.15) is 13.2 Å². The Balaban J connectivity index is 1.91. The van der Waals surface area contributed by atoms with Crippen LogP contribution in [0, 0.1) is 5.82 Å². The fourth-order valence-corrected chi connectivity index (χ4v) is 3.69. The molecule has 10 heteroatoms. The van der Waals surface area contributed by atoms with Gasteiger partial charge < -0.3 is 4.74 Å². The van der Waals surface area contributed by atoms with Gasteiger partial charge in [0.25, 0.3) is 5.91 Å². The van der Waals surface area contributed by atoms with Crippen molar-refractivity contribution >= 4 is 34.5 Å². The number of halogens is 4. The number of rotatable bonds is 5. The van der Waals surface area contributed by atoms with E-state index < -0.39 is 29.4 Å². The van der Waals surface area contributed by atoms with Crippen molar-refractivity contribution in [2.75, 3.05) is 13.7 Å². The van der Waals surface area contributed by atoms with Crippen LogP contribution < -0.4 is 0 Å². The number of carbonyl (C=O) groups excluding carboxylic acids is 2. The lowest BCUT2D eigenvalue weighted by atomic mass is 10.1. The van der Waals surface area contributed by atoms with E-state index >= 15 is 0 Å². The summed E-state index contributed by atoms with van der Waals surface area (Å²) in [5.41, 5.74) is -0.105. The Labute approximate surface area is 179 Å². The van der Waals surface area contributed by atoms with Crippen LogP contribution in [0.1, 0.15) is 11.1 Å². The lowest BCUT2D eigenvalue weighted by Gasteiger charge is -2.16. The first-order valence-corrected chi connectivity index (χ1v) is 9.79. The second-order valence-corrected chi connectivity index (χ2v) is 7.42. The van der Waals surface area contributed by atoms with Crippen molar-refractivity contribution in [1.82, 2.24) is 4.90 Å². The lowest BCUT2D eigenvalue weighted by Crippen LogP contribution is -2.31. The zero-order chi connectivity index (χ0) is 22.6. The summed E-state index contributed by atoms with van der Waals surface area (Å²) >= 11 is 0.862. The highest BCUT2D eigenvalue weighted by Gasteiger charge is 2.34. The number of hydrogen-bond donors (Lipinski definition) is 0. The summed E-state index contributed by atoms with van der Waals surface area (Å²) < 4.78 is 56.6. The third kappa shape index (κ3) is 5.72. The van der Waals surface area contributed by atoms with Crippen LogP contribution in [0.5, 0.6) is 0 Å². The first-order chi connectivity index (χ1) is 14.7. The quantitative estimate of drug-likeness (QED) is 0.375. The SMILES string of the molecule is COC(=O)C=C1SC(=Nc2cccc(C(F)(F)F)c2)N(CCc2ccc(F)cc2)C1=O. The number of nitrogens with zero attached hydrogens (tertiary/aromatic N) is 2. The predicted molar refractivity (Wildman–Crippen MR) is 108 cm³/mol. The number of aliphatic imine (C=N–C) groups is 1. The molecule has 1 amide bonds. The second-order valence-electron chi connectivity index (χ2n) is 6.41. The zero-order valence-electron chi connectivity index (χ0n) is 16.1. The second kappa shape index (κ2) is 9.34. The Morgan fingerprint density at radius 1 is 1.19 bits per heavy atom. The van der Waals surface area contributed by atoms with Crippen LogP contribution in [0.25, 0.3) is 0 Å². The van der Waals surface area contributed by atoms with Crippen molar-refractivity contribution < 1.29 is 31.9 Å². The molecule has 5 nitrogen and oxygen atoms in total. The third-order valence-electron chi connectivity index (χ3n) is 4.27. The summed E-state index contributed by atoms with van der Waals surface area (Å²) in [5.74, 6) is -1.66. The van der Waals surface area contributed by atoms with Crippen LogP contribution in [0.4, 0.5) is 23.2 Å². The van der Waals surface area contributed by atoms with E-state index in [-0.39, 0.29) is 22.3 Å². The number of amidine groups is 1. The van der Waals surface area contributed by atoms with Gasteiger partial charge in [0.2, 0.25) is 0 Å². The smallest absolute Gasteiger partial charge is 0.416 e. The van der Waals surface area contributed by atoms with Gasteiger partial charge in [-0.05, 0) is 54.1 Å². The summed E-state index contributed by atoms with van der Waals surface area (Å²) in [6, 6.07) is 10.1. The molecule has 31 heavy (non-hydrogen) atoms. The number of hydrogen-bond acceptors (Lipinski definition) is 5. The summed E-state index contributed by atoms with van der Waals surface area (Å²) in [6.45, 7) is 0.133. The first-order valence-electron chi connectivity index (χ1n) is 8.97. The molecule has 0 aromatic heterocycles. The molecular weight excluding hydrogens is 436 g/mol. The maximum Gasteiger partial charge on any atom is 0.416 e. The maximum atomic E-state index is 13.1. The lowest BCUT2D eigenvalue weighted by molar-refractivity contribution is -0.137. The Morgan fingerprint density at radius 2 is 1.90 bits per heavy atom. The number of amides is 1. The number of thioether (sulfide) groups is 1. The first kappa shape index (κ1) is 22.5. The molecular formula is C21H16F4N2O3S. The fourth-order valence-electron chi connectivity index (χ4n) is 2.71. The molecule has 0 atom stereocenters. The van der Waals surface area contributed by atoms with E-state index in [4.69, 9.17) is 0 Å². The number of carbonyl (C=O) groups is 2. The van der Waals surface area contributed by atoms with E-state index in [2.05, 4.69) is 9.73 Å². The molecule has 1 fully saturated rings. The third-order valence-corrected chi connectivity index (χ3v) is 5.28. The highest BCUT2D eigenvalue weighted by molar-refractivity contribution is 8.18. The van der Waals surface area contributed by atoms with Crippen molar-refractivity contribution in [3.8, 4) is 0 Å². The summed E-state index contributed by atoms with van der Waals surface area (Å²) in [5, 5.41) is 0.126. The number of benzene rings is 2. The summed E-state index contributed by atoms with van der Waals surface area (Å²) in [4.78, 5) is 29.8. The van der Waals surface area contributed by atoms with Gasteiger partial charge >= 0.3 is 12.1 Å². The zero-order valence-corrected chi connectivity index (χ0v) is 17.0. The van der Waals surface area contributed by atoms with Crippen LogP contribution in [-0.2, 0) is 26.9 Å². The van der Waals surface area contributed by atoms with Crippen LogP contribution in [0.2, 0.25) is 0 Å². The van der Waals surface area contributed by atoms with Crippen molar-refractivity contribution in [1.29, 1.82) is 0 Å². The number of methoxy groups -OCH3 is 1. The number of esters is 1. The van der Waals surface area contributed by atoms with Crippen LogP contribution >= 0.6 is 11.8 Å². The molecule has 1 heterocycles. The van der Waals surface area contributed by atoms with Gasteiger partial charge in [-0.3, -0.25) is 9.69 Å². The highest BCUT2D eigenvalue weighted by Crippen LogP contribution is 2.35. The largest absolute Gasteiger partial charge is 0.466 e. The number of ether oxygens (including phenoxy) is 1. The molecule has 0 unspecified atom stereocenters. The molecule has 0 aliphatic carbocycles. The maximum absolute atomic E-state index is 13.1. The van der Waals surface area contributed by atoms with Crippen LogP contribution in [0.15, 0.2) is 64.5 Å². The normalized spacial score (nSPS) is 16.9. The highest BCUT2D eigenvalue weighted by atomic mass is 32.2. The minimum atomic E-state index is -4.53. The molecule has 1 saturated heterocycles. The van der Waals surface area contributed by atoms with Crippen molar-refractivity contribution in [2.24, 2.45) is 4.99 Å². The Hall–Kier alpha value is -3.14. The molecule has 0 radical (unpaired) electrons. The molecule has 2 aromatic carbocycles. The fraction of sp³-hybridized carbons (Fsp3) is 0.190. The Morgan fingerprint density at radius 3 is 2.55 bits per heavy atom. The van der Waals surface area contributed by atoms with E-state index in [1.54, 1.807) is 12.1 Å². The molecule has 1 aliphatic heterocycles. The van der Waals surface area contributed by atoms with Gasteiger partial charge in [0.15, 0.2) is 5.17 Å². The topological polar surface area (TPSA) is 59.0 Å². The van der Waals surface area contributed by atoms with Gasteiger partial charge in [-0.25, -0.2) is 14.2 Å². The predicted octanol–water partition coefficient (Wildman–Crippen LogP) is 4.71. The van der Waals surface area contributed by atoms with E-state index in [1.165, 1.54) is 29.2 Å². The van der Waals surface area contributed by atoms with Gasteiger partial charge in [0.1, 0.15) is 5.82 Å². The van der Waals surface area contributed by atoms with Gasteiger partial charge in [-0.1, -0.05) is 18.2 Å². The summed E-state index contributed by atoms with van der Waals surface area (Å²) in [6.07, 6.45) is -3.18. The molecule has 0 spiro atoms. The molecule has 3 rings (SSSR count). The molecule has 1 aliphatic rings. The van der Waals surface area contributed by atoms with Crippen molar-refractivity contribution in [2.45, 2.75) is 12.6 Å². The Kier molecular flexibility index (Phi) is 6.79. The van der Waals surface area contributed by atoms with Gasteiger partial charge in [0, 0.05) is 12.6 Å². The monoisotopic (exact) mass is 452 g/mol. The van der Waals surface area contributed by atoms with Gasteiger partial charge in [-0.15, -0.1) is 0 Å². The molecule has 2 aromatic rings. The van der Waals surface area contributed by atoms with Crippen LogP contribution in [0.3, 0.4) is 0 Å². The van der Waals surface area contributed by atoms with E-state index in [1.807, 2.05) is 0 Å². The average Bonchev–Trinajstić information content (AvgIpc) is 3.01. The van der Waals surface area contributed by atoms with E-state index in [0.717, 1.165) is 42.6 Å². The number of alkyl halides is 3. The van der Waals surface area contributed by atoms with Crippen molar-refractivity contribution in [3.63, 3.8) is 0 Å². The Bertz CT molecular complexity index is 1050. The minimum absolute atomic E-state index is 0.0104. The van der Waals surface area contributed by atoms with Crippen LogP contribution in [-0.4, -0.2) is 35.6 Å². The van der Waals surface area contributed by atoms with E-state index in [9.17, 15) is 27.2 Å². The molecule has 162 valence electrons. The van der Waals surface area contributed by atoms with E-state index in [0.29, 0.717) is 6.42 Å². The standard InChI is InChI=1S/C21H16F4N2O3S/c1-30-18(28)12-17-19(29)27(10-9-13-5-7-15(22)8-6-13)20(31-17)26-16-4-2-3-14(11-16)21(23,24)25/h2-8,11-12H,9-10H2,1H3. The molecule has 0 bridgehead atoms. The average molecular weight is 452 g/mol.